The van der Waals surface area contributed by atoms with Gasteiger partial charge in [-0.25, -0.2) is 0 Å². The fraction of sp³-hybridized carbons (Fsp3) is 0.350. The molecule has 0 heterocycles. The smallest absolute Gasteiger partial charge is 0.387 e. The second kappa shape index (κ2) is 10.4. The summed E-state index contributed by atoms with van der Waals surface area (Å²) >= 11 is 0. The van der Waals surface area contributed by atoms with Crippen LogP contribution in [0.4, 0.5) is 8.78 Å². The Morgan fingerprint density at radius 1 is 1.11 bits per heavy atom. The lowest BCUT2D eigenvalue weighted by Gasteiger charge is -2.18. The van der Waals surface area contributed by atoms with Crippen LogP contribution in [0.1, 0.15) is 24.1 Å². The van der Waals surface area contributed by atoms with Crippen LogP contribution in [0, 0.1) is 0 Å². The summed E-state index contributed by atoms with van der Waals surface area (Å²) in [5.41, 5.74) is 2.01. The minimum atomic E-state index is -2.89. The molecule has 0 aromatic heterocycles. The van der Waals surface area contributed by atoms with Crippen LogP contribution in [0.5, 0.6) is 11.5 Å². The largest absolute Gasteiger partial charge is 0.493 e. The monoisotopic (exact) mass is 377 g/mol. The second-order valence-corrected chi connectivity index (χ2v) is 5.89. The van der Waals surface area contributed by atoms with Crippen molar-refractivity contribution < 1.29 is 18.3 Å². The number of ether oxygens (including phenoxy) is 2. The van der Waals surface area contributed by atoms with E-state index in [2.05, 4.69) is 27.3 Å². The zero-order valence-corrected chi connectivity index (χ0v) is 15.7. The normalized spacial score (nSPS) is 12.6. The van der Waals surface area contributed by atoms with Crippen LogP contribution in [0.25, 0.3) is 0 Å². The summed E-state index contributed by atoms with van der Waals surface area (Å²) in [6.45, 7) is -0.254. The summed E-state index contributed by atoms with van der Waals surface area (Å²) in [5, 5.41) is 6.55. The number of hydrogen-bond acceptors (Lipinski definition) is 3. The van der Waals surface area contributed by atoms with Crippen LogP contribution in [-0.4, -0.2) is 33.3 Å². The molecule has 0 fully saturated rings. The van der Waals surface area contributed by atoms with E-state index >= 15 is 0 Å². The maximum atomic E-state index is 12.5. The molecule has 7 heteroatoms. The first-order valence-corrected chi connectivity index (χ1v) is 8.67. The van der Waals surface area contributed by atoms with Crippen molar-refractivity contribution >= 4 is 5.96 Å². The Hall–Kier alpha value is -2.83. The molecule has 0 saturated heterocycles. The van der Waals surface area contributed by atoms with Gasteiger partial charge in [0, 0.05) is 13.6 Å². The average molecular weight is 377 g/mol. The van der Waals surface area contributed by atoms with Crippen molar-refractivity contribution in [3.63, 3.8) is 0 Å². The highest BCUT2D eigenvalue weighted by Crippen LogP contribution is 2.29. The Morgan fingerprint density at radius 2 is 1.85 bits per heavy atom. The maximum absolute atomic E-state index is 12.5. The molecule has 1 atom stereocenters. The highest BCUT2D eigenvalue weighted by Gasteiger charge is 2.12. The zero-order valence-electron chi connectivity index (χ0n) is 15.7. The van der Waals surface area contributed by atoms with E-state index in [1.54, 1.807) is 19.2 Å². The molecule has 0 spiro atoms. The quantitative estimate of drug-likeness (QED) is 0.543. The third kappa shape index (κ3) is 6.44. The Balaban J connectivity index is 1.90. The van der Waals surface area contributed by atoms with E-state index in [1.165, 1.54) is 7.11 Å². The Bertz CT molecular complexity index is 739. The molecule has 0 aliphatic rings. The van der Waals surface area contributed by atoms with Gasteiger partial charge in [0.1, 0.15) is 0 Å². The fourth-order valence-corrected chi connectivity index (χ4v) is 2.61. The lowest BCUT2D eigenvalue weighted by atomic mass is 10.1. The highest BCUT2D eigenvalue weighted by molar-refractivity contribution is 5.80. The number of rotatable bonds is 8. The van der Waals surface area contributed by atoms with Gasteiger partial charge in [-0.05, 0) is 36.6 Å². The minimum Gasteiger partial charge on any atom is -0.493 e. The molecule has 146 valence electrons. The van der Waals surface area contributed by atoms with Gasteiger partial charge in [0.05, 0.1) is 13.2 Å². The summed E-state index contributed by atoms with van der Waals surface area (Å²) in [5.74, 6) is 0.982. The Morgan fingerprint density at radius 3 is 2.48 bits per heavy atom. The predicted octanol–water partition coefficient (Wildman–Crippen LogP) is 3.77. The first-order chi connectivity index (χ1) is 13.0. The van der Waals surface area contributed by atoms with Crippen molar-refractivity contribution in [2.75, 3.05) is 20.7 Å². The van der Waals surface area contributed by atoms with Gasteiger partial charge >= 0.3 is 6.61 Å². The van der Waals surface area contributed by atoms with Gasteiger partial charge in [-0.2, -0.15) is 8.78 Å². The molecular weight excluding hydrogens is 352 g/mol. The molecule has 2 aromatic rings. The standard InChI is InChI=1S/C20H25F2N3O2/c1-14(16-7-5-4-6-8-16)25-20(23-2)24-12-11-15-9-10-17(26-3)18(13-15)27-19(21)22/h4-10,13-14,19H,11-12H2,1-3H3,(H2,23,24,25). The van der Waals surface area contributed by atoms with Crippen LogP contribution in [0.2, 0.25) is 0 Å². The number of hydrogen-bond donors (Lipinski definition) is 2. The fourth-order valence-electron chi connectivity index (χ4n) is 2.61. The van der Waals surface area contributed by atoms with E-state index in [0.717, 1.165) is 11.1 Å². The average Bonchev–Trinajstić information content (AvgIpc) is 2.67. The topological polar surface area (TPSA) is 54.9 Å². The summed E-state index contributed by atoms with van der Waals surface area (Å²) in [6.07, 6.45) is 0.615. The molecule has 1 unspecified atom stereocenters. The van der Waals surface area contributed by atoms with Crippen molar-refractivity contribution in [2.45, 2.75) is 26.0 Å². The summed E-state index contributed by atoms with van der Waals surface area (Å²) < 4.78 is 34.6. The molecule has 0 saturated carbocycles. The van der Waals surface area contributed by atoms with E-state index in [0.29, 0.717) is 18.9 Å². The van der Waals surface area contributed by atoms with Gasteiger partial charge in [-0.3, -0.25) is 4.99 Å². The van der Waals surface area contributed by atoms with Crippen LogP contribution in [0.15, 0.2) is 53.5 Å². The number of nitrogens with one attached hydrogen (secondary N) is 2. The molecule has 0 aliphatic heterocycles. The van der Waals surface area contributed by atoms with E-state index in [9.17, 15) is 8.78 Å². The highest BCUT2D eigenvalue weighted by atomic mass is 19.3. The minimum absolute atomic E-state index is 0.0326. The van der Waals surface area contributed by atoms with Gasteiger partial charge < -0.3 is 20.1 Å². The van der Waals surface area contributed by atoms with Gasteiger partial charge in [0.25, 0.3) is 0 Å². The van der Waals surface area contributed by atoms with Crippen LogP contribution in [-0.2, 0) is 6.42 Å². The molecule has 2 aromatic carbocycles. The maximum Gasteiger partial charge on any atom is 0.387 e. The molecule has 0 bridgehead atoms. The Labute approximate surface area is 158 Å². The van der Waals surface area contributed by atoms with Gasteiger partial charge in [0.2, 0.25) is 0 Å². The number of methoxy groups -OCH3 is 1. The van der Waals surface area contributed by atoms with E-state index in [4.69, 9.17) is 4.74 Å². The van der Waals surface area contributed by atoms with E-state index in [1.807, 2.05) is 36.4 Å². The number of benzene rings is 2. The van der Waals surface area contributed by atoms with Crippen LogP contribution >= 0.6 is 0 Å². The Kier molecular flexibility index (Phi) is 7.85. The molecule has 5 nitrogen and oxygen atoms in total. The summed E-state index contributed by atoms with van der Waals surface area (Å²) in [4.78, 5) is 4.22. The first-order valence-electron chi connectivity index (χ1n) is 8.67. The summed E-state index contributed by atoms with van der Waals surface area (Å²) in [7, 11) is 3.12. The summed E-state index contributed by atoms with van der Waals surface area (Å²) in [6, 6.07) is 15.2. The number of aliphatic imine (C=N–C) groups is 1. The lowest BCUT2D eigenvalue weighted by molar-refractivity contribution is -0.0512. The van der Waals surface area contributed by atoms with Gasteiger partial charge in [0.15, 0.2) is 17.5 Å². The van der Waals surface area contributed by atoms with Crippen molar-refractivity contribution in [2.24, 2.45) is 4.99 Å². The molecule has 2 N–H and O–H groups in total. The second-order valence-electron chi connectivity index (χ2n) is 5.89. The van der Waals surface area contributed by atoms with E-state index in [-0.39, 0.29) is 17.5 Å². The van der Waals surface area contributed by atoms with Crippen LogP contribution in [0.3, 0.4) is 0 Å². The predicted molar refractivity (Wildman–Crippen MR) is 103 cm³/mol. The molecule has 27 heavy (non-hydrogen) atoms. The molecular formula is C20H25F2N3O2. The lowest BCUT2D eigenvalue weighted by Crippen LogP contribution is -2.39. The van der Waals surface area contributed by atoms with Gasteiger partial charge in [-0.15, -0.1) is 0 Å². The molecule has 2 rings (SSSR count). The van der Waals surface area contributed by atoms with Crippen molar-refractivity contribution in [1.29, 1.82) is 0 Å². The third-order valence-corrected chi connectivity index (χ3v) is 4.03. The van der Waals surface area contributed by atoms with Gasteiger partial charge in [-0.1, -0.05) is 36.4 Å². The molecule has 0 amide bonds. The van der Waals surface area contributed by atoms with E-state index < -0.39 is 6.61 Å². The molecule has 0 aliphatic carbocycles. The SMILES string of the molecule is CN=C(NCCc1ccc(OC)c(OC(F)F)c1)NC(C)c1ccccc1. The molecule has 0 radical (unpaired) electrons. The van der Waals surface area contributed by atoms with Crippen molar-refractivity contribution in [3.05, 3.63) is 59.7 Å². The zero-order chi connectivity index (χ0) is 19.6. The number of nitrogens with zero attached hydrogens (tertiary/aromatic N) is 1. The number of alkyl halides is 2. The third-order valence-electron chi connectivity index (χ3n) is 4.03. The van der Waals surface area contributed by atoms with Crippen molar-refractivity contribution in [3.8, 4) is 11.5 Å². The van der Waals surface area contributed by atoms with Crippen LogP contribution < -0.4 is 20.1 Å². The first kappa shape index (κ1) is 20.5. The number of guanidine groups is 1. The van der Waals surface area contributed by atoms with Crippen molar-refractivity contribution in [1.82, 2.24) is 10.6 Å². The number of halogens is 2.